The molecule has 0 aliphatic rings. The van der Waals surface area contributed by atoms with Gasteiger partial charge in [0, 0.05) is 11.6 Å². The molecule has 7 nitrogen and oxygen atoms in total. The van der Waals surface area contributed by atoms with E-state index in [0.717, 1.165) is 5.01 Å². The molecule has 0 bridgehead atoms. The van der Waals surface area contributed by atoms with Crippen molar-refractivity contribution in [2.45, 2.75) is 39.3 Å². The number of carbonyl (C=O) groups excluding carboxylic acids is 1. The zero-order valence-corrected chi connectivity index (χ0v) is 16.9. The summed E-state index contributed by atoms with van der Waals surface area (Å²) in [6.45, 7) is 6.37. The first-order valence-electron chi connectivity index (χ1n) is 8.11. The summed E-state index contributed by atoms with van der Waals surface area (Å²) in [6.07, 6.45) is -0.703. The Morgan fingerprint density at radius 1 is 1.41 bits per heavy atom. The maximum atomic E-state index is 14.4. The predicted octanol–water partition coefficient (Wildman–Crippen LogP) is 3.57. The fourth-order valence-electron chi connectivity index (χ4n) is 2.01. The molecular weight excluding hydrogens is 397 g/mol. The molecule has 0 saturated heterocycles. The van der Waals surface area contributed by atoms with Gasteiger partial charge in [0.2, 0.25) is 0 Å². The van der Waals surface area contributed by atoms with Crippen molar-refractivity contribution in [2.75, 3.05) is 13.2 Å². The van der Waals surface area contributed by atoms with E-state index in [2.05, 4.69) is 15.5 Å². The van der Waals surface area contributed by atoms with E-state index < -0.39 is 30.2 Å². The lowest BCUT2D eigenvalue weighted by molar-refractivity contribution is 0.0457. The predicted molar refractivity (Wildman–Crippen MR) is 101 cm³/mol. The highest BCUT2D eigenvalue weighted by atomic mass is 35.5. The molecule has 0 spiro atoms. The SMILES string of the molecule is Cc1nnc(-c2cc(F)c(OCC(CO)NC(=O)OC(C)(C)C)cc2Cl)s1. The molecule has 0 fully saturated rings. The first-order valence-corrected chi connectivity index (χ1v) is 9.31. The van der Waals surface area contributed by atoms with E-state index >= 15 is 0 Å². The second kappa shape index (κ2) is 8.81. The Morgan fingerprint density at radius 2 is 2.11 bits per heavy atom. The third-order valence-corrected chi connectivity index (χ3v) is 4.34. The lowest BCUT2D eigenvalue weighted by Gasteiger charge is -2.23. The number of amides is 1. The number of ether oxygens (including phenoxy) is 2. The summed E-state index contributed by atoms with van der Waals surface area (Å²) in [7, 11) is 0. The number of hydrogen-bond donors (Lipinski definition) is 2. The number of benzene rings is 1. The van der Waals surface area contributed by atoms with Crippen LogP contribution in [0.15, 0.2) is 12.1 Å². The highest BCUT2D eigenvalue weighted by Crippen LogP contribution is 2.34. The van der Waals surface area contributed by atoms with Gasteiger partial charge in [0.05, 0.1) is 17.7 Å². The van der Waals surface area contributed by atoms with Gasteiger partial charge >= 0.3 is 6.09 Å². The summed E-state index contributed by atoms with van der Waals surface area (Å²) in [5.41, 5.74) is -0.263. The molecule has 0 aliphatic heterocycles. The van der Waals surface area contributed by atoms with Crippen LogP contribution in [0.1, 0.15) is 25.8 Å². The van der Waals surface area contributed by atoms with Gasteiger partial charge in [-0.15, -0.1) is 10.2 Å². The minimum atomic E-state index is -0.775. The Balaban J connectivity index is 2.04. The quantitative estimate of drug-likeness (QED) is 0.746. The monoisotopic (exact) mass is 417 g/mol. The average molecular weight is 418 g/mol. The van der Waals surface area contributed by atoms with Crippen molar-refractivity contribution in [3.8, 4) is 16.3 Å². The van der Waals surface area contributed by atoms with Crippen molar-refractivity contribution in [3.05, 3.63) is 28.0 Å². The second-order valence-corrected chi connectivity index (χ2v) is 8.31. The molecular formula is C17H21ClFN3O4S. The maximum absolute atomic E-state index is 14.4. The van der Waals surface area contributed by atoms with E-state index in [4.69, 9.17) is 21.1 Å². The average Bonchev–Trinajstić information content (AvgIpc) is 2.98. The Labute approximate surface area is 165 Å². The maximum Gasteiger partial charge on any atom is 0.408 e. The van der Waals surface area contributed by atoms with Crippen LogP contribution < -0.4 is 10.1 Å². The van der Waals surface area contributed by atoms with Crippen LogP contribution in [0.3, 0.4) is 0 Å². The Hall–Kier alpha value is -1.97. The topological polar surface area (TPSA) is 93.6 Å². The minimum Gasteiger partial charge on any atom is -0.488 e. The Morgan fingerprint density at radius 3 is 2.67 bits per heavy atom. The number of aromatic nitrogens is 2. The van der Waals surface area contributed by atoms with Gasteiger partial charge in [0.25, 0.3) is 0 Å². The Bertz CT molecular complexity index is 810. The van der Waals surface area contributed by atoms with Crippen molar-refractivity contribution in [1.82, 2.24) is 15.5 Å². The molecule has 148 valence electrons. The number of rotatable bonds is 6. The number of hydrogen-bond acceptors (Lipinski definition) is 7. The molecule has 1 atom stereocenters. The van der Waals surface area contributed by atoms with E-state index in [1.807, 2.05) is 0 Å². The van der Waals surface area contributed by atoms with E-state index in [1.165, 1.54) is 23.5 Å². The molecule has 0 saturated carbocycles. The summed E-state index contributed by atoms with van der Waals surface area (Å²) in [5, 5.41) is 21.2. The molecule has 2 N–H and O–H groups in total. The van der Waals surface area contributed by atoms with Crippen molar-refractivity contribution < 1.29 is 23.8 Å². The third kappa shape index (κ3) is 6.30. The van der Waals surface area contributed by atoms with Crippen LogP contribution in [0.4, 0.5) is 9.18 Å². The van der Waals surface area contributed by atoms with Crippen molar-refractivity contribution in [2.24, 2.45) is 0 Å². The van der Waals surface area contributed by atoms with Gasteiger partial charge in [-0.25, -0.2) is 9.18 Å². The van der Waals surface area contributed by atoms with Crippen molar-refractivity contribution >= 4 is 29.0 Å². The summed E-state index contributed by atoms with van der Waals surface area (Å²) < 4.78 is 24.8. The number of aliphatic hydroxyl groups is 1. The van der Waals surface area contributed by atoms with Crippen LogP contribution >= 0.6 is 22.9 Å². The lowest BCUT2D eigenvalue weighted by atomic mass is 10.2. The van der Waals surface area contributed by atoms with Crippen LogP contribution in [-0.2, 0) is 4.74 Å². The summed E-state index contributed by atoms with van der Waals surface area (Å²) in [4.78, 5) is 11.8. The third-order valence-electron chi connectivity index (χ3n) is 3.16. The normalized spacial score (nSPS) is 12.6. The highest BCUT2D eigenvalue weighted by molar-refractivity contribution is 7.14. The molecule has 1 amide bonds. The molecule has 1 unspecified atom stereocenters. The molecule has 1 aromatic carbocycles. The molecule has 0 aliphatic carbocycles. The van der Waals surface area contributed by atoms with Gasteiger partial charge in [-0.1, -0.05) is 22.9 Å². The molecule has 1 heterocycles. The van der Waals surface area contributed by atoms with E-state index in [0.29, 0.717) is 10.6 Å². The van der Waals surface area contributed by atoms with Gasteiger partial charge in [0.15, 0.2) is 11.6 Å². The fraction of sp³-hybridized carbons (Fsp3) is 0.471. The zero-order chi connectivity index (χ0) is 20.2. The van der Waals surface area contributed by atoms with Crippen LogP contribution in [0.5, 0.6) is 5.75 Å². The summed E-state index contributed by atoms with van der Waals surface area (Å²) in [5.74, 6) is -0.745. The number of aliphatic hydroxyl groups excluding tert-OH is 1. The lowest BCUT2D eigenvalue weighted by Crippen LogP contribution is -2.44. The standard InChI is InChI=1S/C17H21ClFN3O4S/c1-9-21-22-15(27-9)11-5-13(19)14(6-12(11)18)25-8-10(7-23)20-16(24)26-17(2,3)4/h5-6,10,23H,7-8H2,1-4H3,(H,20,24). The molecule has 2 rings (SSSR count). The second-order valence-electron chi connectivity index (χ2n) is 6.73. The van der Waals surface area contributed by atoms with E-state index in [-0.39, 0.29) is 17.4 Å². The fourth-order valence-corrected chi connectivity index (χ4v) is 3.03. The molecule has 1 aromatic heterocycles. The van der Waals surface area contributed by atoms with Gasteiger partial charge in [-0.05, 0) is 33.8 Å². The number of nitrogens with zero attached hydrogens (tertiary/aromatic N) is 2. The minimum absolute atomic E-state index is 0.102. The number of nitrogens with one attached hydrogen (secondary N) is 1. The van der Waals surface area contributed by atoms with Gasteiger partial charge in [0.1, 0.15) is 22.2 Å². The Kier molecular flexibility index (Phi) is 6.96. The number of halogens is 2. The van der Waals surface area contributed by atoms with Gasteiger partial charge in [-0.2, -0.15) is 0 Å². The molecule has 27 heavy (non-hydrogen) atoms. The van der Waals surface area contributed by atoms with Crippen LogP contribution in [0, 0.1) is 12.7 Å². The molecule has 2 aromatic rings. The number of alkyl carbamates (subject to hydrolysis) is 1. The highest BCUT2D eigenvalue weighted by Gasteiger charge is 2.20. The van der Waals surface area contributed by atoms with E-state index in [9.17, 15) is 14.3 Å². The smallest absolute Gasteiger partial charge is 0.408 e. The van der Waals surface area contributed by atoms with E-state index in [1.54, 1.807) is 27.7 Å². The number of carbonyl (C=O) groups is 1. The van der Waals surface area contributed by atoms with Crippen molar-refractivity contribution in [3.63, 3.8) is 0 Å². The zero-order valence-electron chi connectivity index (χ0n) is 15.4. The van der Waals surface area contributed by atoms with Crippen LogP contribution in [0.2, 0.25) is 5.02 Å². The van der Waals surface area contributed by atoms with Gasteiger partial charge < -0.3 is 19.9 Å². The summed E-state index contributed by atoms with van der Waals surface area (Å²) in [6, 6.07) is 1.76. The first-order chi connectivity index (χ1) is 12.6. The first kappa shape index (κ1) is 21.3. The molecule has 0 radical (unpaired) electrons. The van der Waals surface area contributed by atoms with Crippen LogP contribution in [0.25, 0.3) is 10.6 Å². The molecule has 10 heteroatoms. The number of aryl methyl sites for hydroxylation is 1. The largest absolute Gasteiger partial charge is 0.488 e. The van der Waals surface area contributed by atoms with Crippen molar-refractivity contribution in [1.29, 1.82) is 0 Å². The van der Waals surface area contributed by atoms with Crippen LogP contribution in [-0.4, -0.2) is 46.3 Å². The van der Waals surface area contributed by atoms with Gasteiger partial charge in [-0.3, -0.25) is 0 Å². The summed E-state index contributed by atoms with van der Waals surface area (Å²) >= 11 is 7.50.